The average molecular weight is 263 g/mol. The van der Waals surface area contributed by atoms with Gasteiger partial charge in [-0.2, -0.15) is 0 Å². The van der Waals surface area contributed by atoms with E-state index in [9.17, 15) is 9.59 Å². The van der Waals surface area contributed by atoms with E-state index in [1.165, 1.54) is 0 Å². The molecule has 1 amide bonds. The van der Waals surface area contributed by atoms with Gasteiger partial charge in [0.05, 0.1) is 7.11 Å². The molecule has 1 aliphatic rings. The third kappa shape index (κ3) is 3.05. The van der Waals surface area contributed by atoms with Gasteiger partial charge in [-0.25, -0.2) is 4.79 Å². The lowest BCUT2D eigenvalue weighted by molar-refractivity contribution is -0.143. The molecular formula is C14H17NO4. The summed E-state index contributed by atoms with van der Waals surface area (Å²) in [6.07, 6.45) is 1.83. The van der Waals surface area contributed by atoms with Crippen molar-refractivity contribution in [3.63, 3.8) is 0 Å². The number of nitrogens with one attached hydrogen (secondary N) is 1. The lowest BCUT2D eigenvalue weighted by Gasteiger charge is -2.13. The van der Waals surface area contributed by atoms with Crippen molar-refractivity contribution in [1.82, 2.24) is 5.32 Å². The maximum absolute atomic E-state index is 11.8. The van der Waals surface area contributed by atoms with Gasteiger partial charge in [0.15, 0.2) is 0 Å². The van der Waals surface area contributed by atoms with E-state index in [2.05, 4.69) is 5.32 Å². The standard InChI is InChI=1S/C14H17NO4/c1-19-11-5-3-2-4-10(11)6-7-12(16)15-14(8-9-14)13(17)18/h2-5H,6-9H2,1H3,(H,15,16)(H,17,18). The van der Waals surface area contributed by atoms with Crippen molar-refractivity contribution in [1.29, 1.82) is 0 Å². The van der Waals surface area contributed by atoms with Crippen LogP contribution in [0.25, 0.3) is 0 Å². The minimum atomic E-state index is -1.00. The second-order valence-electron chi connectivity index (χ2n) is 4.75. The summed E-state index contributed by atoms with van der Waals surface area (Å²) in [5, 5.41) is 11.6. The molecule has 2 rings (SSSR count). The first kappa shape index (κ1) is 13.4. The number of hydrogen-bond donors (Lipinski definition) is 2. The van der Waals surface area contributed by atoms with Crippen LogP contribution in [0.3, 0.4) is 0 Å². The smallest absolute Gasteiger partial charge is 0.329 e. The minimum Gasteiger partial charge on any atom is -0.496 e. The number of methoxy groups -OCH3 is 1. The zero-order chi connectivity index (χ0) is 13.9. The Morgan fingerprint density at radius 1 is 1.37 bits per heavy atom. The summed E-state index contributed by atoms with van der Waals surface area (Å²) in [7, 11) is 1.59. The van der Waals surface area contributed by atoms with E-state index in [1.807, 2.05) is 24.3 Å². The summed E-state index contributed by atoms with van der Waals surface area (Å²) >= 11 is 0. The fraction of sp³-hybridized carbons (Fsp3) is 0.429. The maximum atomic E-state index is 11.8. The van der Waals surface area contributed by atoms with Crippen LogP contribution in [0.5, 0.6) is 5.75 Å². The van der Waals surface area contributed by atoms with Crippen LogP contribution in [0.1, 0.15) is 24.8 Å². The van der Waals surface area contributed by atoms with Gasteiger partial charge in [-0.3, -0.25) is 4.79 Å². The highest BCUT2D eigenvalue weighted by molar-refractivity contribution is 5.89. The van der Waals surface area contributed by atoms with Crippen molar-refractivity contribution in [2.45, 2.75) is 31.2 Å². The van der Waals surface area contributed by atoms with Gasteiger partial charge < -0.3 is 15.2 Å². The molecule has 102 valence electrons. The molecule has 2 N–H and O–H groups in total. The lowest BCUT2D eigenvalue weighted by atomic mass is 10.1. The highest BCUT2D eigenvalue weighted by Crippen LogP contribution is 2.35. The molecule has 5 heteroatoms. The minimum absolute atomic E-state index is 0.231. The Kier molecular flexibility index (Phi) is 3.74. The number of rotatable bonds is 6. The number of amides is 1. The summed E-state index contributed by atoms with van der Waals surface area (Å²) in [5.74, 6) is -0.432. The van der Waals surface area contributed by atoms with Crippen molar-refractivity contribution in [3.05, 3.63) is 29.8 Å². The van der Waals surface area contributed by atoms with E-state index in [0.29, 0.717) is 19.3 Å². The molecule has 0 atom stereocenters. The Hall–Kier alpha value is -2.04. The molecule has 0 unspecified atom stereocenters. The van der Waals surface area contributed by atoms with Crippen molar-refractivity contribution in [2.24, 2.45) is 0 Å². The van der Waals surface area contributed by atoms with Crippen LogP contribution in [0.2, 0.25) is 0 Å². The van der Waals surface area contributed by atoms with Gasteiger partial charge >= 0.3 is 5.97 Å². The Bertz CT molecular complexity index is 494. The van der Waals surface area contributed by atoms with Gasteiger partial charge in [0.1, 0.15) is 11.3 Å². The fourth-order valence-electron chi connectivity index (χ4n) is 2.00. The SMILES string of the molecule is COc1ccccc1CCC(=O)NC1(C(=O)O)CC1. The molecule has 0 aromatic heterocycles. The highest BCUT2D eigenvalue weighted by Gasteiger charge is 2.51. The topological polar surface area (TPSA) is 75.6 Å². The number of carboxylic acid groups (broad SMARTS) is 1. The lowest BCUT2D eigenvalue weighted by Crippen LogP contribution is -2.43. The summed E-state index contributed by atoms with van der Waals surface area (Å²) < 4.78 is 5.20. The van der Waals surface area contributed by atoms with Crippen molar-refractivity contribution < 1.29 is 19.4 Å². The number of carbonyl (C=O) groups excluding carboxylic acids is 1. The molecule has 0 aliphatic heterocycles. The normalized spacial score (nSPS) is 15.6. The monoisotopic (exact) mass is 263 g/mol. The van der Waals surface area contributed by atoms with E-state index in [1.54, 1.807) is 7.11 Å². The molecule has 1 saturated carbocycles. The molecule has 1 fully saturated rings. The summed E-state index contributed by atoms with van der Waals surface area (Å²) in [5.41, 5.74) is -0.0574. The van der Waals surface area contributed by atoms with Crippen molar-refractivity contribution >= 4 is 11.9 Å². The molecule has 19 heavy (non-hydrogen) atoms. The van der Waals surface area contributed by atoms with E-state index < -0.39 is 11.5 Å². The molecule has 0 saturated heterocycles. The molecule has 0 bridgehead atoms. The highest BCUT2D eigenvalue weighted by atomic mass is 16.5. The Morgan fingerprint density at radius 3 is 2.63 bits per heavy atom. The Balaban J connectivity index is 1.89. The Labute approximate surface area is 111 Å². The van der Waals surface area contributed by atoms with Gasteiger partial charge in [-0.1, -0.05) is 18.2 Å². The van der Waals surface area contributed by atoms with Crippen LogP contribution >= 0.6 is 0 Å². The number of carbonyl (C=O) groups is 2. The third-order valence-corrected chi connectivity index (χ3v) is 3.35. The second kappa shape index (κ2) is 5.30. The molecular weight excluding hydrogens is 246 g/mol. The molecule has 1 aromatic carbocycles. The first-order chi connectivity index (χ1) is 9.07. The van der Waals surface area contributed by atoms with Crippen LogP contribution in [-0.4, -0.2) is 29.6 Å². The molecule has 0 radical (unpaired) electrons. The quantitative estimate of drug-likeness (QED) is 0.812. The summed E-state index contributed by atoms with van der Waals surface area (Å²) in [6.45, 7) is 0. The van der Waals surface area contributed by atoms with E-state index >= 15 is 0 Å². The molecule has 0 spiro atoms. The van der Waals surface area contributed by atoms with Crippen LogP contribution in [0.4, 0.5) is 0 Å². The number of benzene rings is 1. The van der Waals surface area contributed by atoms with Crippen molar-refractivity contribution in [3.8, 4) is 5.75 Å². The van der Waals surface area contributed by atoms with Crippen LogP contribution < -0.4 is 10.1 Å². The number of para-hydroxylation sites is 1. The van der Waals surface area contributed by atoms with Gasteiger partial charge in [0, 0.05) is 6.42 Å². The molecule has 0 heterocycles. The molecule has 1 aliphatic carbocycles. The number of ether oxygens (including phenoxy) is 1. The summed E-state index contributed by atoms with van der Waals surface area (Å²) in [4.78, 5) is 22.7. The van der Waals surface area contributed by atoms with Gasteiger partial charge in [0.2, 0.25) is 5.91 Å². The average Bonchev–Trinajstić information content (AvgIpc) is 3.17. The number of aryl methyl sites for hydroxylation is 1. The van der Waals surface area contributed by atoms with Gasteiger partial charge in [-0.15, -0.1) is 0 Å². The van der Waals surface area contributed by atoms with Crippen LogP contribution in [0, 0.1) is 0 Å². The van der Waals surface area contributed by atoms with Crippen LogP contribution in [-0.2, 0) is 16.0 Å². The largest absolute Gasteiger partial charge is 0.496 e. The van der Waals surface area contributed by atoms with Crippen molar-refractivity contribution in [2.75, 3.05) is 7.11 Å². The fourth-order valence-corrected chi connectivity index (χ4v) is 2.00. The zero-order valence-electron chi connectivity index (χ0n) is 10.8. The summed E-state index contributed by atoms with van der Waals surface area (Å²) in [6, 6.07) is 7.49. The predicted molar refractivity (Wildman–Crippen MR) is 69.1 cm³/mol. The molecule has 1 aromatic rings. The van der Waals surface area contributed by atoms with E-state index in [-0.39, 0.29) is 12.3 Å². The van der Waals surface area contributed by atoms with Gasteiger partial charge in [-0.05, 0) is 30.9 Å². The van der Waals surface area contributed by atoms with Gasteiger partial charge in [0.25, 0.3) is 0 Å². The van der Waals surface area contributed by atoms with E-state index in [4.69, 9.17) is 9.84 Å². The predicted octanol–water partition coefficient (Wildman–Crippen LogP) is 1.36. The first-order valence-electron chi connectivity index (χ1n) is 6.24. The Morgan fingerprint density at radius 2 is 2.05 bits per heavy atom. The first-order valence-corrected chi connectivity index (χ1v) is 6.24. The maximum Gasteiger partial charge on any atom is 0.329 e. The van der Waals surface area contributed by atoms with Crippen LogP contribution in [0.15, 0.2) is 24.3 Å². The number of carboxylic acids is 1. The third-order valence-electron chi connectivity index (χ3n) is 3.35. The zero-order valence-corrected chi connectivity index (χ0v) is 10.8. The molecule has 5 nitrogen and oxygen atoms in total. The number of aliphatic carboxylic acids is 1. The van der Waals surface area contributed by atoms with E-state index in [0.717, 1.165) is 11.3 Å². The number of hydrogen-bond acceptors (Lipinski definition) is 3. The second-order valence-corrected chi connectivity index (χ2v) is 4.75.